The highest BCUT2D eigenvalue weighted by Gasteiger charge is 2.01. The van der Waals surface area contributed by atoms with E-state index in [4.69, 9.17) is 10.5 Å². The van der Waals surface area contributed by atoms with Crippen LogP contribution in [0.3, 0.4) is 0 Å². The predicted octanol–water partition coefficient (Wildman–Crippen LogP) is 3.04. The number of hydrogen-bond donors (Lipinski definition) is 1. The molecule has 0 aliphatic rings. The Kier molecular flexibility index (Phi) is 3.63. The zero-order valence-corrected chi connectivity index (χ0v) is 10.6. The van der Waals surface area contributed by atoms with Crippen LogP contribution >= 0.6 is 0 Å². The minimum Gasteiger partial charge on any atom is -0.496 e. The molecule has 3 nitrogen and oxygen atoms in total. The minimum atomic E-state index is 0.514. The summed E-state index contributed by atoms with van der Waals surface area (Å²) in [7, 11) is 1.66. The molecule has 0 radical (unpaired) electrons. The van der Waals surface area contributed by atoms with Crippen LogP contribution in [0.25, 0.3) is 0 Å². The molecule has 3 heteroatoms. The monoisotopic (exact) mass is 240 g/mol. The van der Waals surface area contributed by atoms with Crippen LogP contribution in [0.1, 0.15) is 11.1 Å². The van der Waals surface area contributed by atoms with Crippen molar-refractivity contribution in [2.45, 2.75) is 6.92 Å². The van der Waals surface area contributed by atoms with E-state index in [1.165, 1.54) is 0 Å². The number of amidine groups is 1. The van der Waals surface area contributed by atoms with Crippen LogP contribution in [-0.4, -0.2) is 12.9 Å². The van der Waals surface area contributed by atoms with E-state index in [1.807, 2.05) is 55.5 Å². The molecular formula is C15H16N2O. The topological polar surface area (TPSA) is 47.6 Å². The minimum absolute atomic E-state index is 0.514. The maximum absolute atomic E-state index is 5.97. The lowest BCUT2D eigenvalue weighted by atomic mass is 10.2. The molecule has 2 aromatic carbocycles. The van der Waals surface area contributed by atoms with Gasteiger partial charge in [0.25, 0.3) is 0 Å². The molecule has 92 valence electrons. The van der Waals surface area contributed by atoms with E-state index in [2.05, 4.69) is 4.99 Å². The van der Waals surface area contributed by atoms with Crippen LogP contribution in [0.15, 0.2) is 53.5 Å². The standard InChI is InChI=1S/C15H16N2O/c1-11-10-13(8-9-14(11)18-2)17-15(16)12-6-4-3-5-7-12/h3-10H,1-2H3,(H2,16,17). The lowest BCUT2D eigenvalue weighted by Gasteiger charge is -2.05. The molecule has 0 heterocycles. The Morgan fingerprint density at radius 1 is 1.11 bits per heavy atom. The summed E-state index contributed by atoms with van der Waals surface area (Å²) in [5.74, 6) is 1.37. The van der Waals surface area contributed by atoms with Crippen LogP contribution in [0.5, 0.6) is 5.75 Å². The van der Waals surface area contributed by atoms with Crippen molar-refractivity contribution in [1.82, 2.24) is 0 Å². The first-order chi connectivity index (χ1) is 8.70. The average Bonchev–Trinajstić information content (AvgIpc) is 2.40. The zero-order valence-electron chi connectivity index (χ0n) is 10.6. The van der Waals surface area contributed by atoms with Gasteiger partial charge in [0.15, 0.2) is 0 Å². The number of rotatable bonds is 3. The molecule has 0 spiro atoms. The third-order valence-electron chi connectivity index (χ3n) is 2.70. The number of aryl methyl sites for hydroxylation is 1. The fourth-order valence-corrected chi connectivity index (χ4v) is 1.74. The normalized spacial score (nSPS) is 11.3. The molecule has 18 heavy (non-hydrogen) atoms. The van der Waals surface area contributed by atoms with Crippen molar-refractivity contribution in [3.63, 3.8) is 0 Å². The highest BCUT2D eigenvalue weighted by molar-refractivity contribution is 5.99. The molecule has 0 saturated carbocycles. The molecule has 0 aromatic heterocycles. The second-order valence-electron chi connectivity index (χ2n) is 4.02. The molecule has 0 aliphatic carbocycles. The van der Waals surface area contributed by atoms with Gasteiger partial charge in [-0.3, -0.25) is 0 Å². The van der Waals surface area contributed by atoms with Gasteiger partial charge < -0.3 is 10.5 Å². The number of methoxy groups -OCH3 is 1. The zero-order chi connectivity index (χ0) is 13.0. The molecule has 2 N–H and O–H groups in total. The quantitative estimate of drug-likeness (QED) is 0.662. The molecule has 0 aliphatic heterocycles. The van der Waals surface area contributed by atoms with Crippen molar-refractivity contribution in [2.24, 2.45) is 10.7 Å². The van der Waals surface area contributed by atoms with Crippen molar-refractivity contribution in [3.05, 3.63) is 59.7 Å². The van der Waals surface area contributed by atoms with E-state index in [1.54, 1.807) is 7.11 Å². The summed E-state index contributed by atoms with van der Waals surface area (Å²) >= 11 is 0. The van der Waals surface area contributed by atoms with E-state index in [0.717, 1.165) is 22.6 Å². The van der Waals surface area contributed by atoms with E-state index in [9.17, 15) is 0 Å². The van der Waals surface area contributed by atoms with Crippen LogP contribution < -0.4 is 10.5 Å². The van der Waals surface area contributed by atoms with Gasteiger partial charge in [0, 0.05) is 5.56 Å². The van der Waals surface area contributed by atoms with Gasteiger partial charge in [0.1, 0.15) is 11.6 Å². The van der Waals surface area contributed by atoms with Gasteiger partial charge in [0.2, 0.25) is 0 Å². The number of hydrogen-bond acceptors (Lipinski definition) is 2. The van der Waals surface area contributed by atoms with Crippen LogP contribution in [0.4, 0.5) is 5.69 Å². The predicted molar refractivity (Wildman–Crippen MR) is 74.6 cm³/mol. The Balaban J connectivity index is 2.31. The smallest absolute Gasteiger partial charge is 0.131 e. The maximum atomic E-state index is 5.97. The van der Waals surface area contributed by atoms with Crippen LogP contribution in [0.2, 0.25) is 0 Å². The summed E-state index contributed by atoms with van der Waals surface area (Å²) in [6.07, 6.45) is 0. The SMILES string of the molecule is COc1ccc(N=C(N)c2ccccc2)cc1C. The second-order valence-corrected chi connectivity index (χ2v) is 4.02. The fourth-order valence-electron chi connectivity index (χ4n) is 1.74. The van der Waals surface area contributed by atoms with Gasteiger partial charge in [-0.2, -0.15) is 0 Å². The van der Waals surface area contributed by atoms with Crippen molar-refractivity contribution >= 4 is 11.5 Å². The second kappa shape index (κ2) is 5.36. The fraction of sp³-hybridized carbons (Fsp3) is 0.133. The first-order valence-corrected chi connectivity index (χ1v) is 5.75. The number of ether oxygens (including phenoxy) is 1. The Morgan fingerprint density at radius 3 is 2.44 bits per heavy atom. The average molecular weight is 240 g/mol. The number of aliphatic imine (C=N–C) groups is 1. The van der Waals surface area contributed by atoms with Crippen LogP contribution in [-0.2, 0) is 0 Å². The summed E-state index contributed by atoms with van der Waals surface area (Å²) < 4.78 is 5.21. The molecule has 0 saturated heterocycles. The van der Waals surface area contributed by atoms with Crippen molar-refractivity contribution in [1.29, 1.82) is 0 Å². The summed E-state index contributed by atoms with van der Waals surface area (Å²) in [6, 6.07) is 15.5. The van der Waals surface area contributed by atoms with Gasteiger partial charge in [-0.05, 0) is 30.7 Å². The molecule has 0 atom stereocenters. The van der Waals surface area contributed by atoms with Crippen molar-refractivity contribution in [2.75, 3.05) is 7.11 Å². The summed E-state index contributed by atoms with van der Waals surface area (Å²) in [6.45, 7) is 1.98. The van der Waals surface area contributed by atoms with E-state index >= 15 is 0 Å². The largest absolute Gasteiger partial charge is 0.496 e. The molecule has 0 unspecified atom stereocenters. The summed E-state index contributed by atoms with van der Waals surface area (Å²) in [4.78, 5) is 4.40. The van der Waals surface area contributed by atoms with Gasteiger partial charge in [-0.15, -0.1) is 0 Å². The molecule has 0 fully saturated rings. The van der Waals surface area contributed by atoms with Crippen molar-refractivity contribution in [3.8, 4) is 5.75 Å². The third kappa shape index (κ3) is 2.69. The van der Waals surface area contributed by atoms with Gasteiger partial charge >= 0.3 is 0 Å². The molecule has 2 rings (SSSR count). The molecule has 0 amide bonds. The van der Waals surface area contributed by atoms with Gasteiger partial charge in [0.05, 0.1) is 12.8 Å². The highest BCUT2D eigenvalue weighted by Crippen LogP contribution is 2.23. The van der Waals surface area contributed by atoms with Gasteiger partial charge in [-0.25, -0.2) is 4.99 Å². The number of nitrogens with zero attached hydrogens (tertiary/aromatic N) is 1. The van der Waals surface area contributed by atoms with Crippen LogP contribution in [0, 0.1) is 6.92 Å². The Hall–Kier alpha value is -2.29. The van der Waals surface area contributed by atoms with E-state index in [-0.39, 0.29) is 0 Å². The van der Waals surface area contributed by atoms with Gasteiger partial charge in [-0.1, -0.05) is 30.3 Å². The van der Waals surface area contributed by atoms with Crippen molar-refractivity contribution < 1.29 is 4.74 Å². The Labute approximate surface area is 107 Å². The summed E-state index contributed by atoms with van der Waals surface area (Å²) in [5, 5.41) is 0. The number of benzene rings is 2. The first-order valence-electron chi connectivity index (χ1n) is 5.75. The number of nitrogens with two attached hydrogens (primary N) is 1. The summed E-state index contributed by atoms with van der Waals surface area (Å²) in [5.41, 5.74) is 8.76. The Morgan fingerprint density at radius 2 is 1.83 bits per heavy atom. The lowest BCUT2D eigenvalue weighted by Crippen LogP contribution is -2.12. The lowest BCUT2D eigenvalue weighted by molar-refractivity contribution is 0.412. The van der Waals surface area contributed by atoms with E-state index in [0.29, 0.717) is 5.84 Å². The molecule has 2 aromatic rings. The maximum Gasteiger partial charge on any atom is 0.131 e. The first kappa shape index (κ1) is 12.2. The third-order valence-corrected chi connectivity index (χ3v) is 2.70. The Bertz CT molecular complexity index is 562. The highest BCUT2D eigenvalue weighted by atomic mass is 16.5. The molecular weight excluding hydrogens is 224 g/mol. The van der Waals surface area contributed by atoms with E-state index < -0.39 is 0 Å². The molecule has 0 bridgehead atoms.